The van der Waals surface area contributed by atoms with Crippen LogP contribution < -0.4 is 5.73 Å². The van der Waals surface area contributed by atoms with E-state index in [0.29, 0.717) is 13.0 Å². The van der Waals surface area contributed by atoms with E-state index in [0.717, 1.165) is 18.4 Å². The van der Waals surface area contributed by atoms with Crippen LogP contribution >= 0.6 is 0 Å². The Bertz CT molecular complexity index is 648. The van der Waals surface area contributed by atoms with Gasteiger partial charge in [0.2, 0.25) is 0 Å². The number of ether oxygens (including phenoxy) is 1. The molecule has 1 aromatic carbocycles. The van der Waals surface area contributed by atoms with E-state index >= 15 is 0 Å². The average molecular weight is 423 g/mol. The number of nitrogens with zero attached hydrogens (tertiary/aromatic N) is 1. The number of rotatable bonds is 7. The van der Waals surface area contributed by atoms with Crippen molar-refractivity contribution < 1.29 is 19.1 Å². The summed E-state index contributed by atoms with van der Waals surface area (Å²) < 4.78 is 12.3. The Morgan fingerprint density at radius 2 is 1.97 bits per heavy atom. The Labute approximate surface area is 176 Å². The molecule has 1 amide bonds. The molecule has 29 heavy (non-hydrogen) atoms. The molecule has 0 aromatic heterocycles. The average Bonchev–Trinajstić information content (AvgIpc) is 2.67. The van der Waals surface area contributed by atoms with Crippen molar-refractivity contribution in [2.75, 3.05) is 13.1 Å². The molecule has 0 aliphatic carbocycles. The number of piperidine rings is 1. The topological polar surface area (TPSA) is 85.0 Å². The van der Waals surface area contributed by atoms with E-state index in [9.17, 15) is 9.90 Å². The molecule has 1 aliphatic heterocycles. The van der Waals surface area contributed by atoms with Crippen LogP contribution in [0.2, 0.25) is 18.1 Å². The van der Waals surface area contributed by atoms with Crippen molar-refractivity contribution in [2.45, 2.75) is 83.0 Å². The number of hydrogen-bond acceptors (Lipinski definition) is 5. The molecule has 0 saturated carbocycles. The smallest absolute Gasteiger partial charge is 0.410 e. The first-order valence-corrected chi connectivity index (χ1v) is 13.5. The predicted molar refractivity (Wildman–Crippen MR) is 118 cm³/mol. The van der Waals surface area contributed by atoms with Gasteiger partial charge in [-0.15, -0.1) is 0 Å². The number of aliphatic hydroxyl groups excluding tert-OH is 1. The molecule has 1 saturated heterocycles. The molecule has 1 aliphatic rings. The molecule has 3 atom stereocenters. The number of likely N-dealkylation sites (tertiary alicyclic amines) is 1. The minimum absolute atomic E-state index is 0.0696. The Kier molecular flexibility index (Phi) is 8.28. The summed E-state index contributed by atoms with van der Waals surface area (Å²) in [6.45, 7) is 12.1. The van der Waals surface area contributed by atoms with Gasteiger partial charge in [-0.3, -0.25) is 0 Å². The summed E-state index contributed by atoms with van der Waals surface area (Å²) in [5.74, 6) is 0. The van der Waals surface area contributed by atoms with E-state index < -0.39 is 14.4 Å². The summed E-state index contributed by atoms with van der Waals surface area (Å²) in [4.78, 5) is 14.6. The predicted octanol–water partition coefficient (Wildman–Crippen LogP) is 3.89. The Hall–Kier alpha value is -1.41. The van der Waals surface area contributed by atoms with E-state index in [4.69, 9.17) is 14.9 Å². The van der Waals surface area contributed by atoms with Crippen LogP contribution in [0.15, 0.2) is 30.3 Å². The van der Waals surface area contributed by atoms with E-state index in [-0.39, 0.29) is 36.4 Å². The quantitative estimate of drug-likeness (QED) is 0.651. The van der Waals surface area contributed by atoms with E-state index in [1.165, 1.54) is 0 Å². The molecule has 164 valence electrons. The summed E-state index contributed by atoms with van der Waals surface area (Å²) in [5, 5.41) is 10.3. The van der Waals surface area contributed by atoms with Gasteiger partial charge in [0, 0.05) is 13.1 Å². The molecule has 1 heterocycles. The molecule has 1 unspecified atom stereocenters. The lowest BCUT2D eigenvalue weighted by Gasteiger charge is -2.46. The molecule has 3 N–H and O–H groups in total. The third kappa shape index (κ3) is 6.54. The molecule has 1 fully saturated rings. The molecule has 0 radical (unpaired) electrons. The normalized spacial score (nSPS) is 21.7. The highest BCUT2D eigenvalue weighted by molar-refractivity contribution is 6.74. The zero-order valence-corrected chi connectivity index (χ0v) is 19.6. The van der Waals surface area contributed by atoms with Gasteiger partial charge >= 0.3 is 6.09 Å². The minimum Gasteiger partial charge on any atom is -0.445 e. The van der Waals surface area contributed by atoms with Crippen LogP contribution in [-0.2, 0) is 15.8 Å². The molecule has 0 spiro atoms. The molecular formula is C22H38N2O4Si. The highest BCUT2D eigenvalue weighted by atomic mass is 28.4. The fourth-order valence-corrected chi connectivity index (χ4v) is 4.78. The maximum atomic E-state index is 12.9. The summed E-state index contributed by atoms with van der Waals surface area (Å²) >= 11 is 0. The van der Waals surface area contributed by atoms with E-state index in [1.54, 1.807) is 4.90 Å². The van der Waals surface area contributed by atoms with Crippen LogP contribution in [0.4, 0.5) is 4.79 Å². The lowest BCUT2D eigenvalue weighted by molar-refractivity contribution is -0.00961. The lowest BCUT2D eigenvalue weighted by Crippen LogP contribution is -2.57. The maximum Gasteiger partial charge on any atom is 0.410 e. The highest BCUT2D eigenvalue weighted by Crippen LogP contribution is 2.39. The Morgan fingerprint density at radius 1 is 1.31 bits per heavy atom. The first kappa shape index (κ1) is 23.9. The summed E-state index contributed by atoms with van der Waals surface area (Å²) in [6, 6.07) is 9.41. The van der Waals surface area contributed by atoms with Gasteiger partial charge in [-0.2, -0.15) is 0 Å². The van der Waals surface area contributed by atoms with Crippen molar-refractivity contribution in [3.8, 4) is 0 Å². The zero-order valence-electron chi connectivity index (χ0n) is 18.6. The lowest BCUT2D eigenvalue weighted by atomic mass is 9.94. The highest BCUT2D eigenvalue weighted by Gasteiger charge is 2.44. The fourth-order valence-electron chi connectivity index (χ4n) is 3.40. The van der Waals surface area contributed by atoms with Gasteiger partial charge < -0.3 is 24.9 Å². The zero-order chi connectivity index (χ0) is 21.7. The fraction of sp³-hybridized carbons (Fsp3) is 0.682. The van der Waals surface area contributed by atoms with Gasteiger partial charge in [0.25, 0.3) is 0 Å². The summed E-state index contributed by atoms with van der Waals surface area (Å²) in [6.07, 6.45) is 0.983. The van der Waals surface area contributed by atoms with E-state index in [2.05, 4.69) is 33.9 Å². The molecule has 6 nitrogen and oxygen atoms in total. The number of carbonyl (C=O) groups is 1. The molecule has 1 aromatic rings. The summed E-state index contributed by atoms with van der Waals surface area (Å²) in [7, 11) is -2.02. The molecular weight excluding hydrogens is 384 g/mol. The number of nitrogens with two attached hydrogens (primary N) is 1. The third-order valence-electron chi connectivity index (χ3n) is 6.19. The monoisotopic (exact) mass is 422 g/mol. The van der Waals surface area contributed by atoms with Gasteiger partial charge in [0.1, 0.15) is 6.61 Å². The van der Waals surface area contributed by atoms with Crippen LogP contribution in [0.25, 0.3) is 0 Å². The molecule has 2 rings (SSSR count). The third-order valence-corrected chi connectivity index (χ3v) is 10.7. The maximum absolute atomic E-state index is 12.9. The Morgan fingerprint density at radius 3 is 2.55 bits per heavy atom. The number of aliphatic hydroxyl groups is 1. The molecule has 7 heteroatoms. The first-order valence-electron chi connectivity index (χ1n) is 10.6. The number of benzene rings is 1. The van der Waals surface area contributed by atoms with Crippen molar-refractivity contribution in [3.05, 3.63) is 35.9 Å². The van der Waals surface area contributed by atoms with Crippen molar-refractivity contribution in [3.63, 3.8) is 0 Å². The van der Waals surface area contributed by atoms with Crippen LogP contribution in [0.1, 0.15) is 45.6 Å². The Balaban J connectivity index is 2.14. The first-order chi connectivity index (χ1) is 13.5. The van der Waals surface area contributed by atoms with Crippen LogP contribution in [0.3, 0.4) is 0 Å². The standard InChI is InChI=1S/C22H38N2O4Si/c1-22(2,3)29(4,5)28-20-12-9-13-24(19(20)14-18(25)15-23)21(26)27-16-17-10-7-6-8-11-17/h6-8,10-11,18-20,25H,9,12-16,23H2,1-5H3/t18?,19-,20+/m1/s1. The largest absolute Gasteiger partial charge is 0.445 e. The van der Waals surface area contributed by atoms with Crippen LogP contribution in [-0.4, -0.2) is 55.8 Å². The molecule has 0 bridgehead atoms. The van der Waals surface area contributed by atoms with E-state index in [1.807, 2.05) is 30.3 Å². The minimum atomic E-state index is -2.02. The number of hydrogen-bond donors (Lipinski definition) is 2. The van der Waals surface area contributed by atoms with Crippen molar-refractivity contribution in [1.29, 1.82) is 0 Å². The van der Waals surface area contributed by atoms with Crippen molar-refractivity contribution in [1.82, 2.24) is 4.90 Å². The second-order valence-electron chi connectivity index (χ2n) is 9.48. The number of amides is 1. The second kappa shape index (κ2) is 10.1. The van der Waals surface area contributed by atoms with Crippen molar-refractivity contribution in [2.24, 2.45) is 5.73 Å². The van der Waals surface area contributed by atoms with Gasteiger partial charge in [-0.25, -0.2) is 4.79 Å². The van der Waals surface area contributed by atoms with Gasteiger partial charge in [-0.05, 0) is 43.0 Å². The summed E-state index contributed by atoms with van der Waals surface area (Å²) in [5.41, 5.74) is 6.62. The van der Waals surface area contributed by atoms with Gasteiger partial charge in [-0.1, -0.05) is 51.1 Å². The number of carbonyl (C=O) groups excluding carboxylic acids is 1. The van der Waals surface area contributed by atoms with Crippen LogP contribution in [0.5, 0.6) is 0 Å². The van der Waals surface area contributed by atoms with Crippen LogP contribution in [0, 0.1) is 0 Å². The van der Waals surface area contributed by atoms with Crippen molar-refractivity contribution >= 4 is 14.4 Å². The SMILES string of the molecule is CC(C)(C)[Si](C)(C)O[C@H]1CCCN(C(=O)OCc2ccccc2)[C@@H]1CC(O)CN. The van der Waals surface area contributed by atoms with Gasteiger partial charge in [0.15, 0.2) is 8.32 Å². The van der Waals surface area contributed by atoms with Gasteiger partial charge in [0.05, 0.1) is 18.2 Å². The second-order valence-corrected chi connectivity index (χ2v) is 14.2.